The second kappa shape index (κ2) is 5.65. The Morgan fingerprint density at radius 2 is 2.00 bits per heavy atom. The summed E-state index contributed by atoms with van der Waals surface area (Å²) in [6.45, 7) is 0.688. The molecule has 0 heterocycles. The number of rotatable bonds is 5. The molecule has 0 unspecified atom stereocenters. The fourth-order valence-electron chi connectivity index (χ4n) is 1.04. The maximum atomic E-state index is 10.2. The molecule has 1 aromatic carbocycles. The highest BCUT2D eigenvalue weighted by atomic mass is 79.9. The lowest BCUT2D eigenvalue weighted by Gasteiger charge is -2.04. The van der Waals surface area contributed by atoms with E-state index in [9.17, 15) is 4.79 Å². The Morgan fingerprint density at radius 1 is 1.36 bits per heavy atom. The quantitative estimate of drug-likeness (QED) is 0.798. The van der Waals surface area contributed by atoms with Crippen LogP contribution in [0.2, 0.25) is 0 Å². The molecule has 14 heavy (non-hydrogen) atoms. The monoisotopic (exact) mass is 257 g/mol. The van der Waals surface area contributed by atoms with Gasteiger partial charge in [-0.3, -0.25) is 4.79 Å². The number of benzene rings is 1. The first-order valence-corrected chi connectivity index (χ1v) is 5.19. The minimum Gasteiger partial charge on any atom is -0.481 e. The van der Waals surface area contributed by atoms with Gasteiger partial charge in [0.15, 0.2) is 0 Å². The molecular weight excluding hydrogens is 246 g/mol. The highest BCUT2D eigenvalue weighted by Crippen LogP contribution is 2.13. The summed E-state index contributed by atoms with van der Waals surface area (Å²) in [5.41, 5.74) is 1.01. The number of nitrogens with one attached hydrogen (secondary N) is 1. The van der Waals surface area contributed by atoms with Gasteiger partial charge in [0, 0.05) is 23.1 Å². The van der Waals surface area contributed by atoms with Crippen LogP contribution in [0.5, 0.6) is 0 Å². The molecule has 0 saturated carbocycles. The highest BCUT2D eigenvalue weighted by Gasteiger charge is 1.96. The van der Waals surface area contributed by atoms with E-state index in [0.717, 1.165) is 10.2 Å². The number of carbonyl (C=O) groups is 1. The summed E-state index contributed by atoms with van der Waals surface area (Å²) in [7, 11) is 0. The molecule has 2 N–H and O–H groups in total. The van der Waals surface area contributed by atoms with Gasteiger partial charge in [-0.2, -0.15) is 0 Å². The number of hydrogen-bond donors (Lipinski definition) is 2. The summed E-state index contributed by atoms with van der Waals surface area (Å²) >= 11 is 3.34. The van der Waals surface area contributed by atoms with Crippen LogP contribution in [0.3, 0.4) is 0 Å². The minimum absolute atomic E-state index is 0.212. The second-order valence-corrected chi connectivity index (χ2v) is 3.85. The van der Waals surface area contributed by atoms with Crippen LogP contribution in [0.4, 0.5) is 5.69 Å². The third-order valence-corrected chi connectivity index (χ3v) is 2.27. The Labute approximate surface area is 91.3 Å². The van der Waals surface area contributed by atoms with Gasteiger partial charge in [-0.25, -0.2) is 0 Å². The molecular formula is C10H12BrNO2. The standard InChI is InChI=1S/C10H12BrNO2/c11-8-3-5-9(6-4-8)12-7-1-2-10(13)14/h3-6,12H,1-2,7H2,(H,13,14). The number of carboxylic acids is 1. The van der Waals surface area contributed by atoms with Crippen LogP contribution in [0.25, 0.3) is 0 Å². The molecule has 0 fully saturated rings. The summed E-state index contributed by atoms with van der Waals surface area (Å²) in [6, 6.07) is 7.79. The third-order valence-electron chi connectivity index (χ3n) is 1.74. The zero-order valence-corrected chi connectivity index (χ0v) is 9.25. The Bertz CT molecular complexity index is 297. The van der Waals surface area contributed by atoms with Gasteiger partial charge < -0.3 is 10.4 Å². The molecule has 0 atom stereocenters. The van der Waals surface area contributed by atoms with E-state index >= 15 is 0 Å². The molecule has 3 nitrogen and oxygen atoms in total. The average molecular weight is 258 g/mol. The molecule has 0 amide bonds. The van der Waals surface area contributed by atoms with Crippen molar-refractivity contribution >= 4 is 27.6 Å². The molecule has 0 aliphatic carbocycles. The Morgan fingerprint density at radius 3 is 2.57 bits per heavy atom. The van der Waals surface area contributed by atoms with Crippen LogP contribution in [0, 0.1) is 0 Å². The number of aliphatic carboxylic acids is 1. The van der Waals surface area contributed by atoms with Crippen molar-refractivity contribution < 1.29 is 9.90 Å². The van der Waals surface area contributed by atoms with E-state index < -0.39 is 5.97 Å². The molecule has 76 valence electrons. The molecule has 4 heteroatoms. The number of halogens is 1. The predicted molar refractivity (Wildman–Crippen MR) is 59.5 cm³/mol. The number of hydrogen-bond acceptors (Lipinski definition) is 2. The highest BCUT2D eigenvalue weighted by molar-refractivity contribution is 9.10. The zero-order chi connectivity index (χ0) is 10.4. The summed E-state index contributed by atoms with van der Waals surface area (Å²) < 4.78 is 1.04. The normalized spacial score (nSPS) is 9.79. The van der Waals surface area contributed by atoms with Crippen molar-refractivity contribution in [1.82, 2.24) is 0 Å². The van der Waals surface area contributed by atoms with Crippen molar-refractivity contribution in [1.29, 1.82) is 0 Å². The second-order valence-electron chi connectivity index (χ2n) is 2.93. The van der Waals surface area contributed by atoms with Crippen molar-refractivity contribution in [2.75, 3.05) is 11.9 Å². The van der Waals surface area contributed by atoms with Crippen LogP contribution in [0.1, 0.15) is 12.8 Å². The van der Waals surface area contributed by atoms with Crippen molar-refractivity contribution in [2.45, 2.75) is 12.8 Å². The first-order chi connectivity index (χ1) is 6.68. The van der Waals surface area contributed by atoms with Crippen LogP contribution in [-0.2, 0) is 4.79 Å². The van der Waals surface area contributed by atoms with Crippen LogP contribution < -0.4 is 5.32 Å². The van der Waals surface area contributed by atoms with Crippen molar-refractivity contribution in [3.05, 3.63) is 28.7 Å². The molecule has 0 aliphatic heterocycles. The molecule has 0 bridgehead atoms. The summed E-state index contributed by atoms with van der Waals surface area (Å²) in [5.74, 6) is -0.748. The SMILES string of the molecule is O=C(O)CCCNc1ccc(Br)cc1. The topological polar surface area (TPSA) is 49.3 Å². The van der Waals surface area contributed by atoms with Gasteiger partial charge >= 0.3 is 5.97 Å². The van der Waals surface area contributed by atoms with Gasteiger partial charge in [-0.15, -0.1) is 0 Å². The molecule has 0 saturated heterocycles. The van der Waals surface area contributed by atoms with E-state index in [4.69, 9.17) is 5.11 Å². The largest absolute Gasteiger partial charge is 0.481 e. The van der Waals surface area contributed by atoms with Gasteiger partial charge in [0.25, 0.3) is 0 Å². The van der Waals surface area contributed by atoms with Gasteiger partial charge in [0.2, 0.25) is 0 Å². The summed E-state index contributed by atoms with van der Waals surface area (Å²) in [6.07, 6.45) is 0.856. The average Bonchev–Trinajstić information content (AvgIpc) is 2.15. The lowest BCUT2D eigenvalue weighted by molar-refractivity contribution is -0.137. The minimum atomic E-state index is -0.748. The molecule has 0 aliphatic rings. The predicted octanol–water partition coefficient (Wildman–Crippen LogP) is 2.73. The van der Waals surface area contributed by atoms with Gasteiger partial charge in [-0.05, 0) is 30.7 Å². The maximum absolute atomic E-state index is 10.2. The molecule has 0 radical (unpaired) electrons. The maximum Gasteiger partial charge on any atom is 0.303 e. The zero-order valence-electron chi connectivity index (χ0n) is 7.66. The van der Waals surface area contributed by atoms with Crippen LogP contribution in [-0.4, -0.2) is 17.6 Å². The Balaban J connectivity index is 2.25. The third kappa shape index (κ3) is 4.28. The van der Waals surface area contributed by atoms with Gasteiger partial charge in [0.05, 0.1) is 0 Å². The first-order valence-electron chi connectivity index (χ1n) is 4.40. The lowest BCUT2D eigenvalue weighted by Crippen LogP contribution is -2.04. The van der Waals surface area contributed by atoms with Crippen LogP contribution >= 0.6 is 15.9 Å². The van der Waals surface area contributed by atoms with E-state index in [-0.39, 0.29) is 6.42 Å². The Hall–Kier alpha value is -1.03. The van der Waals surface area contributed by atoms with E-state index in [0.29, 0.717) is 13.0 Å². The van der Waals surface area contributed by atoms with E-state index in [2.05, 4.69) is 21.2 Å². The van der Waals surface area contributed by atoms with E-state index in [1.807, 2.05) is 24.3 Å². The first kappa shape index (κ1) is 11.0. The summed E-state index contributed by atoms with van der Waals surface area (Å²) in [5, 5.41) is 11.6. The van der Waals surface area contributed by atoms with E-state index in [1.165, 1.54) is 0 Å². The van der Waals surface area contributed by atoms with Crippen molar-refractivity contribution in [3.8, 4) is 0 Å². The summed E-state index contributed by atoms with van der Waals surface area (Å²) in [4.78, 5) is 10.2. The fraction of sp³-hybridized carbons (Fsp3) is 0.300. The van der Waals surface area contributed by atoms with Crippen molar-refractivity contribution in [2.24, 2.45) is 0 Å². The number of anilines is 1. The Kier molecular flexibility index (Phi) is 4.46. The fourth-order valence-corrected chi connectivity index (χ4v) is 1.30. The smallest absolute Gasteiger partial charge is 0.303 e. The number of carboxylic acid groups (broad SMARTS) is 1. The molecule has 1 aromatic rings. The van der Waals surface area contributed by atoms with Gasteiger partial charge in [-0.1, -0.05) is 15.9 Å². The van der Waals surface area contributed by atoms with E-state index in [1.54, 1.807) is 0 Å². The molecule has 0 spiro atoms. The van der Waals surface area contributed by atoms with Crippen molar-refractivity contribution in [3.63, 3.8) is 0 Å². The van der Waals surface area contributed by atoms with Crippen LogP contribution in [0.15, 0.2) is 28.7 Å². The molecule has 0 aromatic heterocycles. The molecule has 1 rings (SSSR count). The lowest BCUT2D eigenvalue weighted by atomic mass is 10.3. The van der Waals surface area contributed by atoms with Gasteiger partial charge in [0.1, 0.15) is 0 Å².